The number of rotatable bonds is 5. The number of piperazine rings is 1. The summed E-state index contributed by atoms with van der Waals surface area (Å²) in [5.41, 5.74) is 0.866. The minimum Gasteiger partial charge on any atom is -0.366 e. The van der Waals surface area contributed by atoms with Crippen LogP contribution in [-0.2, 0) is 14.3 Å². The topological polar surface area (TPSA) is 62.3 Å². The maximum Gasteiger partial charge on any atom is 0.236 e. The van der Waals surface area contributed by atoms with Crippen molar-refractivity contribution in [1.29, 1.82) is 0 Å². The molecule has 3 aliphatic rings. The molecule has 1 amide bonds. The zero-order valence-corrected chi connectivity index (χ0v) is 17.5. The predicted molar refractivity (Wildman–Crippen MR) is 110 cm³/mol. The first-order valence-electron chi connectivity index (χ1n) is 10.8. The Bertz CT molecular complexity index is 768. The highest BCUT2D eigenvalue weighted by Gasteiger charge is 2.32. The zero-order chi connectivity index (χ0) is 21.1. The van der Waals surface area contributed by atoms with Crippen LogP contribution in [0, 0.1) is 11.7 Å². The molecule has 0 unspecified atom stereocenters. The quantitative estimate of drug-likeness (QED) is 0.678. The van der Waals surface area contributed by atoms with E-state index in [4.69, 9.17) is 9.47 Å². The van der Waals surface area contributed by atoms with E-state index in [1.807, 2.05) is 9.80 Å². The van der Waals surface area contributed by atoms with Crippen LogP contribution in [0.2, 0.25) is 0 Å². The number of Topliss-reactive ketones (excluding diaryl/α,β-unsaturated/α-hetero) is 1. The molecule has 164 valence electrons. The highest BCUT2D eigenvalue weighted by Crippen LogP contribution is 2.26. The lowest BCUT2D eigenvalue weighted by molar-refractivity contribution is -0.134. The van der Waals surface area contributed by atoms with E-state index < -0.39 is 0 Å². The van der Waals surface area contributed by atoms with Gasteiger partial charge in [-0.1, -0.05) is 0 Å². The first kappa shape index (κ1) is 21.2. The van der Waals surface area contributed by atoms with E-state index in [2.05, 4.69) is 4.90 Å². The lowest BCUT2D eigenvalue weighted by Crippen LogP contribution is -2.52. The van der Waals surface area contributed by atoms with Gasteiger partial charge >= 0.3 is 0 Å². The fourth-order valence-corrected chi connectivity index (χ4v) is 4.50. The second kappa shape index (κ2) is 9.41. The van der Waals surface area contributed by atoms with Crippen molar-refractivity contribution in [1.82, 2.24) is 9.80 Å². The number of halogens is 1. The number of carbonyl (C=O) groups is 2. The van der Waals surface area contributed by atoms with E-state index >= 15 is 0 Å². The minimum atomic E-state index is -0.388. The number of amides is 1. The monoisotopic (exact) mass is 419 g/mol. The summed E-state index contributed by atoms with van der Waals surface area (Å²) in [5.74, 6) is 0.0179. The van der Waals surface area contributed by atoms with Crippen molar-refractivity contribution in [2.75, 3.05) is 63.9 Å². The van der Waals surface area contributed by atoms with Gasteiger partial charge in [-0.15, -0.1) is 0 Å². The van der Waals surface area contributed by atoms with Crippen molar-refractivity contribution in [3.63, 3.8) is 0 Å². The first-order chi connectivity index (χ1) is 14.5. The van der Waals surface area contributed by atoms with Crippen LogP contribution in [0.15, 0.2) is 18.2 Å². The van der Waals surface area contributed by atoms with Gasteiger partial charge in [0.15, 0.2) is 12.1 Å². The third-order valence-corrected chi connectivity index (χ3v) is 6.35. The molecular weight excluding hydrogens is 389 g/mol. The Balaban J connectivity index is 1.23. The Hall–Kier alpha value is -2.03. The summed E-state index contributed by atoms with van der Waals surface area (Å²) in [4.78, 5) is 30.2. The fourth-order valence-electron chi connectivity index (χ4n) is 4.50. The number of benzene rings is 1. The normalized spacial score (nSPS) is 21.9. The van der Waals surface area contributed by atoms with Crippen LogP contribution in [0.4, 0.5) is 10.1 Å². The van der Waals surface area contributed by atoms with E-state index in [0.717, 1.165) is 25.9 Å². The van der Waals surface area contributed by atoms with Crippen LogP contribution in [0.1, 0.15) is 30.1 Å². The van der Waals surface area contributed by atoms with E-state index in [9.17, 15) is 14.0 Å². The Morgan fingerprint density at radius 1 is 1.03 bits per heavy atom. The van der Waals surface area contributed by atoms with Crippen LogP contribution < -0.4 is 4.90 Å². The predicted octanol–water partition coefficient (Wildman–Crippen LogP) is 1.76. The number of nitrogens with zero attached hydrogens (tertiary/aromatic N) is 3. The van der Waals surface area contributed by atoms with Gasteiger partial charge in [-0.2, -0.15) is 0 Å². The van der Waals surface area contributed by atoms with Gasteiger partial charge in [0, 0.05) is 37.7 Å². The molecular formula is C22H30FN3O4. The number of anilines is 1. The van der Waals surface area contributed by atoms with Gasteiger partial charge in [0.25, 0.3) is 0 Å². The number of piperidine rings is 1. The molecule has 30 heavy (non-hydrogen) atoms. The molecule has 0 aromatic heterocycles. The molecule has 0 N–H and O–H groups in total. The molecule has 8 heteroatoms. The van der Waals surface area contributed by atoms with Crippen molar-refractivity contribution >= 4 is 17.4 Å². The van der Waals surface area contributed by atoms with Gasteiger partial charge in [-0.05, 0) is 51.1 Å². The third-order valence-electron chi connectivity index (χ3n) is 6.35. The molecule has 0 radical (unpaired) electrons. The molecule has 3 fully saturated rings. The Morgan fingerprint density at radius 2 is 1.70 bits per heavy atom. The highest BCUT2D eigenvalue weighted by atomic mass is 19.1. The van der Waals surface area contributed by atoms with Crippen molar-refractivity contribution in [2.45, 2.75) is 26.1 Å². The lowest BCUT2D eigenvalue weighted by atomic mass is 9.96. The SMILES string of the molecule is CC(=O)c1ccc(N2CCN(C(=O)CN3CCC(C4OCCO4)CC3)CC2)c(F)c1. The number of ketones is 1. The second-order valence-electron chi connectivity index (χ2n) is 8.31. The molecule has 0 bridgehead atoms. The van der Waals surface area contributed by atoms with Gasteiger partial charge in [-0.3, -0.25) is 14.5 Å². The van der Waals surface area contributed by atoms with Crippen LogP contribution in [0.5, 0.6) is 0 Å². The molecule has 0 spiro atoms. The van der Waals surface area contributed by atoms with Gasteiger partial charge in [-0.25, -0.2) is 4.39 Å². The van der Waals surface area contributed by atoms with E-state index in [0.29, 0.717) is 63.1 Å². The third kappa shape index (κ3) is 4.82. The van der Waals surface area contributed by atoms with Crippen LogP contribution in [0.25, 0.3) is 0 Å². The zero-order valence-electron chi connectivity index (χ0n) is 17.5. The first-order valence-corrected chi connectivity index (χ1v) is 10.8. The van der Waals surface area contributed by atoms with Crippen LogP contribution in [0.3, 0.4) is 0 Å². The average molecular weight is 419 g/mol. The molecule has 3 saturated heterocycles. The smallest absolute Gasteiger partial charge is 0.236 e. The van der Waals surface area contributed by atoms with E-state index in [-0.39, 0.29) is 23.8 Å². The van der Waals surface area contributed by atoms with Crippen molar-refractivity contribution in [2.24, 2.45) is 5.92 Å². The van der Waals surface area contributed by atoms with Crippen molar-refractivity contribution in [3.8, 4) is 0 Å². The molecule has 0 aliphatic carbocycles. The molecule has 0 atom stereocenters. The lowest BCUT2D eigenvalue weighted by Gasteiger charge is -2.38. The fraction of sp³-hybridized carbons (Fsp3) is 0.636. The molecule has 3 aliphatic heterocycles. The summed E-state index contributed by atoms with van der Waals surface area (Å²) >= 11 is 0. The molecule has 7 nitrogen and oxygen atoms in total. The molecule has 0 saturated carbocycles. The van der Waals surface area contributed by atoms with E-state index in [1.54, 1.807) is 12.1 Å². The van der Waals surface area contributed by atoms with E-state index in [1.165, 1.54) is 13.0 Å². The molecule has 1 aromatic carbocycles. The van der Waals surface area contributed by atoms with Crippen molar-refractivity contribution < 1.29 is 23.5 Å². The Morgan fingerprint density at radius 3 is 2.30 bits per heavy atom. The summed E-state index contributed by atoms with van der Waals surface area (Å²) in [6.45, 7) is 7.31. The largest absolute Gasteiger partial charge is 0.366 e. The standard InChI is InChI=1S/C22H30FN3O4/c1-16(27)18-2-3-20(19(23)14-18)25-8-10-26(11-9-25)21(28)15-24-6-4-17(5-7-24)22-29-12-13-30-22/h2-3,14,17,22H,4-13,15H2,1H3. The molecule has 3 heterocycles. The van der Waals surface area contributed by atoms with Crippen LogP contribution in [-0.4, -0.2) is 86.8 Å². The maximum absolute atomic E-state index is 14.4. The highest BCUT2D eigenvalue weighted by molar-refractivity contribution is 5.94. The van der Waals surface area contributed by atoms with Crippen LogP contribution >= 0.6 is 0 Å². The van der Waals surface area contributed by atoms with Gasteiger partial charge in [0.05, 0.1) is 25.4 Å². The molecule has 1 aromatic rings. The number of hydrogen-bond acceptors (Lipinski definition) is 6. The number of hydrogen-bond donors (Lipinski definition) is 0. The summed E-state index contributed by atoms with van der Waals surface area (Å²) in [6, 6.07) is 4.61. The number of likely N-dealkylation sites (tertiary alicyclic amines) is 1. The summed E-state index contributed by atoms with van der Waals surface area (Å²) in [5, 5.41) is 0. The van der Waals surface area contributed by atoms with Gasteiger partial charge < -0.3 is 19.3 Å². The second-order valence-corrected chi connectivity index (χ2v) is 8.31. The maximum atomic E-state index is 14.4. The van der Waals surface area contributed by atoms with Gasteiger partial charge in [0.2, 0.25) is 5.91 Å². The van der Waals surface area contributed by atoms with Gasteiger partial charge in [0.1, 0.15) is 5.82 Å². The molecule has 4 rings (SSSR count). The Kier molecular flexibility index (Phi) is 6.65. The minimum absolute atomic E-state index is 0.0687. The van der Waals surface area contributed by atoms with Crippen molar-refractivity contribution in [3.05, 3.63) is 29.6 Å². The number of carbonyl (C=O) groups excluding carboxylic acids is 2. The Labute approximate surface area is 176 Å². The average Bonchev–Trinajstić information content (AvgIpc) is 3.29. The summed E-state index contributed by atoms with van der Waals surface area (Å²) in [6.07, 6.45) is 1.91. The summed E-state index contributed by atoms with van der Waals surface area (Å²) in [7, 11) is 0. The summed E-state index contributed by atoms with van der Waals surface area (Å²) < 4.78 is 25.6. The number of ether oxygens (including phenoxy) is 2.